The van der Waals surface area contributed by atoms with E-state index in [0.29, 0.717) is 12.5 Å². The summed E-state index contributed by atoms with van der Waals surface area (Å²) in [5.41, 5.74) is 7.19. The van der Waals surface area contributed by atoms with Crippen LogP contribution in [0.5, 0.6) is 5.75 Å². The number of rotatable bonds is 7. The van der Waals surface area contributed by atoms with Crippen LogP contribution in [0.4, 0.5) is 0 Å². The molecule has 0 bridgehead atoms. The van der Waals surface area contributed by atoms with E-state index in [2.05, 4.69) is 34.7 Å². The van der Waals surface area contributed by atoms with Gasteiger partial charge in [-0.25, -0.2) is 0 Å². The monoisotopic (exact) mass is 292 g/mol. The SMILES string of the molecule is CCN(CC)C(N)=NCC(c1ccccc1OC)N(C)C. The molecule has 2 N–H and O–H groups in total. The highest BCUT2D eigenvalue weighted by Crippen LogP contribution is 2.28. The van der Waals surface area contributed by atoms with Crippen LogP contribution in [0.15, 0.2) is 29.3 Å². The molecule has 0 aliphatic rings. The Labute approximate surface area is 128 Å². The summed E-state index contributed by atoms with van der Waals surface area (Å²) in [6.45, 7) is 6.50. The third-order valence-electron chi connectivity index (χ3n) is 3.63. The Bertz CT molecular complexity index is 455. The molecule has 1 rings (SSSR count). The molecule has 0 saturated heterocycles. The van der Waals surface area contributed by atoms with Crippen LogP contribution in [-0.2, 0) is 0 Å². The number of guanidine groups is 1. The quantitative estimate of drug-likeness (QED) is 0.616. The van der Waals surface area contributed by atoms with Gasteiger partial charge in [-0.3, -0.25) is 4.99 Å². The highest BCUT2D eigenvalue weighted by molar-refractivity contribution is 5.78. The molecule has 5 nitrogen and oxygen atoms in total. The Morgan fingerprint density at radius 3 is 2.38 bits per heavy atom. The lowest BCUT2D eigenvalue weighted by Gasteiger charge is -2.26. The topological polar surface area (TPSA) is 54.1 Å². The molecule has 1 aromatic carbocycles. The molecule has 0 aliphatic heterocycles. The van der Waals surface area contributed by atoms with Crippen LogP contribution in [0.3, 0.4) is 0 Å². The molecule has 0 radical (unpaired) electrons. The minimum Gasteiger partial charge on any atom is -0.496 e. The van der Waals surface area contributed by atoms with Gasteiger partial charge in [0.25, 0.3) is 0 Å². The first-order valence-corrected chi connectivity index (χ1v) is 7.39. The molecule has 118 valence electrons. The summed E-state index contributed by atoms with van der Waals surface area (Å²) in [6, 6.07) is 8.18. The van der Waals surface area contributed by atoms with Crippen molar-refractivity contribution in [2.75, 3.05) is 40.8 Å². The van der Waals surface area contributed by atoms with E-state index in [0.717, 1.165) is 24.4 Å². The third kappa shape index (κ3) is 4.63. The summed E-state index contributed by atoms with van der Waals surface area (Å²) < 4.78 is 5.46. The second-order valence-electron chi connectivity index (χ2n) is 5.09. The van der Waals surface area contributed by atoms with Gasteiger partial charge in [-0.05, 0) is 34.0 Å². The normalized spacial score (nSPS) is 13.3. The Kier molecular flexibility index (Phi) is 7.02. The number of benzene rings is 1. The zero-order chi connectivity index (χ0) is 15.8. The molecule has 1 unspecified atom stereocenters. The highest BCUT2D eigenvalue weighted by Gasteiger charge is 2.18. The van der Waals surface area contributed by atoms with E-state index in [-0.39, 0.29) is 6.04 Å². The summed E-state index contributed by atoms with van der Waals surface area (Å²) in [5, 5.41) is 0. The lowest BCUT2D eigenvalue weighted by molar-refractivity contribution is 0.294. The number of likely N-dealkylation sites (N-methyl/N-ethyl adjacent to an activating group) is 1. The third-order valence-corrected chi connectivity index (χ3v) is 3.63. The molecule has 1 aromatic rings. The van der Waals surface area contributed by atoms with Gasteiger partial charge in [-0.1, -0.05) is 18.2 Å². The molecule has 21 heavy (non-hydrogen) atoms. The van der Waals surface area contributed by atoms with E-state index >= 15 is 0 Å². The summed E-state index contributed by atoms with van der Waals surface area (Å²) in [6.07, 6.45) is 0. The van der Waals surface area contributed by atoms with Crippen LogP contribution in [0.2, 0.25) is 0 Å². The highest BCUT2D eigenvalue weighted by atomic mass is 16.5. The van der Waals surface area contributed by atoms with Gasteiger partial charge in [0.05, 0.1) is 19.7 Å². The van der Waals surface area contributed by atoms with Gasteiger partial charge in [0.2, 0.25) is 0 Å². The number of aliphatic imine (C=N–C) groups is 1. The van der Waals surface area contributed by atoms with Crippen LogP contribution < -0.4 is 10.5 Å². The first-order chi connectivity index (χ1) is 10.0. The predicted octanol–water partition coefficient (Wildman–Crippen LogP) is 1.95. The van der Waals surface area contributed by atoms with Gasteiger partial charge in [-0.15, -0.1) is 0 Å². The smallest absolute Gasteiger partial charge is 0.191 e. The predicted molar refractivity (Wildman–Crippen MR) is 88.8 cm³/mol. The maximum atomic E-state index is 6.06. The van der Waals surface area contributed by atoms with Crippen LogP contribution in [0.25, 0.3) is 0 Å². The summed E-state index contributed by atoms with van der Waals surface area (Å²) in [4.78, 5) is 8.75. The molecule has 0 heterocycles. The molecule has 0 saturated carbocycles. The van der Waals surface area contributed by atoms with E-state index in [1.807, 2.05) is 32.3 Å². The first kappa shape index (κ1) is 17.3. The molecule has 0 fully saturated rings. The minimum absolute atomic E-state index is 0.135. The standard InChI is InChI=1S/C16H28N4O/c1-6-20(7-2)16(17)18-12-14(19(3)4)13-10-8-9-11-15(13)21-5/h8-11,14H,6-7,12H2,1-5H3,(H2,17,18). The van der Waals surface area contributed by atoms with Crippen molar-refractivity contribution >= 4 is 5.96 Å². The first-order valence-electron chi connectivity index (χ1n) is 7.39. The number of nitrogens with two attached hydrogens (primary N) is 1. The second kappa shape index (κ2) is 8.52. The van der Waals surface area contributed by atoms with Crippen LogP contribution in [0, 0.1) is 0 Å². The Balaban J connectivity index is 2.96. The molecule has 0 spiro atoms. The van der Waals surface area contributed by atoms with Gasteiger partial charge < -0.3 is 20.3 Å². The molecular formula is C16H28N4O. The van der Waals surface area contributed by atoms with Crippen molar-refractivity contribution in [1.82, 2.24) is 9.80 Å². The molecule has 0 aromatic heterocycles. The van der Waals surface area contributed by atoms with Gasteiger partial charge in [-0.2, -0.15) is 0 Å². The number of hydrogen-bond acceptors (Lipinski definition) is 3. The lowest BCUT2D eigenvalue weighted by atomic mass is 10.0. The molecule has 5 heteroatoms. The Hall–Kier alpha value is -1.75. The van der Waals surface area contributed by atoms with E-state index in [4.69, 9.17) is 10.5 Å². The number of methoxy groups -OCH3 is 1. The summed E-state index contributed by atoms with van der Waals surface area (Å²) >= 11 is 0. The fraction of sp³-hybridized carbons (Fsp3) is 0.562. The molecule has 1 atom stereocenters. The van der Waals surface area contributed by atoms with Crippen molar-refractivity contribution < 1.29 is 4.74 Å². The second-order valence-corrected chi connectivity index (χ2v) is 5.09. The van der Waals surface area contributed by atoms with Crippen LogP contribution >= 0.6 is 0 Å². The lowest BCUT2D eigenvalue weighted by Crippen LogP contribution is -2.37. The van der Waals surface area contributed by atoms with Gasteiger partial charge >= 0.3 is 0 Å². The fourth-order valence-electron chi connectivity index (χ4n) is 2.31. The number of nitrogens with zero attached hydrogens (tertiary/aromatic N) is 3. The minimum atomic E-state index is 0.135. The van der Waals surface area contributed by atoms with Crippen molar-refractivity contribution in [2.45, 2.75) is 19.9 Å². The average molecular weight is 292 g/mol. The fourth-order valence-corrected chi connectivity index (χ4v) is 2.31. The van der Waals surface area contributed by atoms with Crippen molar-refractivity contribution in [1.29, 1.82) is 0 Å². The largest absolute Gasteiger partial charge is 0.496 e. The van der Waals surface area contributed by atoms with Crippen molar-refractivity contribution in [2.24, 2.45) is 10.7 Å². The van der Waals surface area contributed by atoms with Gasteiger partial charge in [0, 0.05) is 18.7 Å². The van der Waals surface area contributed by atoms with E-state index in [1.54, 1.807) is 7.11 Å². The summed E-state index contributed by atoms with van der Waals surface area (Å²) in [5.74, 6) is 1.48. The number of para-hydroxylation sites is 1. The Morgan fingerprint density at radius 2 is 1.86 bits per heavy atom. The van der Waals surface area contributed by atoms with Crippen molar-refractivity contribution in [3.63, 3.8) is 0 Å². The number of hydrogen-bond donors (Lipinski definition) is 1. The molecule has 0 aliphatic carbocycles. The summed E-state index contributed by atoms with van der Waals surface area (Å²) in [7, 11) is 5.78. The maximum Gasteiger partial charge on any atom is 0.191 e. The maximum absolute atomic E-state index is 6.06. The van der Waals surface area contributed by atoms with Crippen LogP contribution in [-0.4, -0.2) is 56.6 Å². The van der Waals surface area contributed by atoms with Crippen molar-refractivity contribution in [3.05, 3.63) is 29.8 Å². The van der Waals surface area contributed by atoms with Crippen molar-refractivity contribution in [3.8, 4) is 5.75 Å². The number of ether oxygens (including phenoxy) is 1. The average Bonchev–Trinajstić information content (AvgIpc) is 2.48. The molecule has 0 amide bonds. The zero-order valence-corrected chi connectivity index (χ0v) is 13.8. The zero-order valence-electron chi connectivity index (χ0n) is 13.8. The molecular weight excluding hydrogens is 264 g/mol. The van der Waals surface area contributed by atoms with Crippen LogP contribution in [0.1, 0.15) is 25.5 Å². The van der Waals surface area contributed by atoms with Gasteiger partial charge in [0.1, 0.15) is 5.75 Å². The van der Waals surface area contributed by atoms with E-state index in [1.165, 1.54) is 0 Å². The van der Waals surface area contributed by atoms with E-state index in [9.17, 15) is 0 Å². The Morgan fingerprint density at radius 1 is 1.24 bits per heavy atom. The van der Waals surface area contributed by atoms with E-state index < -0.39 is 0 Å². The van der Waals surface area contributed by atoms with Gasteiger partial charge in [0.15, 0.2) is 5.96 Å².